The van der Waals surface area contributed by atoms with Crippen molar-refractivity contribution in [2.24, 2.45) is 0 Å². The number of hydrogen-bond acceptors (Lipinski definition) is 3. The summed E-state index contributed by atoms with van der Waals surface area (Å²) in [6.45, 7) is 10.9. The summed E-state index contributed by atoms with van der Waals surface area (Å²) in [7, 11) is 2.19. The summed E-state index contributed by atoms with van der Waals surface area (Å²) in [4.78, 5) is 4.91. The van der Waals surface area contributed by atoms with Crippen molar-refractivity contribution in [3.05, 3.63) is 23.8 Å². The number of benzene rings is 1. The lowest BCUT2D eigenvalue weighted by atomic mass is 9.86. The fourth-order valence-electron chi connectivity index (χ4n) is 2.99. The number of nitrogens with zero attached hydrogens (tertiary/aromatic N) is 2. The molecule has 1 aromatic carbocycles. The Morgan fingerprint density at radius 1 is 1.21 bits per heavy atom. The minimum absolute atomic E-state index is 0.178. The van der Waals surface area contributed by atoms with Crippen LogP contribution < -0.4 is 9.64 Å². The summed E-state index contributed by atoms with van der Waals surface area (Å²) in [5.41, 5.74) is 2.80. The lowest BCUT2D eigenvalue weighted by Crippen LogP contribution is -2.56. The van der Waals surface area contributed by atoms with Gasteiger partial charge in [0.05, 0.1) is 11.7 Å². The molecule has 0 amide bonds. The number of likely N-dealkylation sites (N-methyl/N-ethyl adjacent to an activating group) is 1. The van der Waals surface area contributed by atoms with Gasteiger partial charge in [-0.05, 0) is 30.2 Å². The van der Waals surface area contributed by atoms with E-state index in [0.717, 1.165) is 32.0 Å². The molecule has 0 spiro atoms. The third kappa shape index (κ3) is 2.32. The molecule has 3 rings (SSSR count). The van der Waals surface area contributed by atoms with Crippen LogP contribution in [0.1, 0.15) is 26.3 Å². The van der Waals surface area contributed by atoms with Gasteiger partial charge in [0, 0.05) is 19.6 Å². The van der Waals surface area contributed by atoms with E-state index in [1.807, 2.05) is 0 Å². The van der Waals surface area contributed by atoms with Crippen LogP contribution in [0.25, 0.3) is 0 Å². The van der Waals surface area contributed by atoms with Gasteiger partial charge < -0.3 is 14.5 Å². The first-order valence-electron chi connectivity index (χ1n) is 7.18. The van der Waals surface area contributed by atoms with E-state index in [1.54, 1.807) is 0 Å². The first-order chi connectivity index (χ1) is 8.95. The molecule has 1 saturated heterocycles. The van der Waals surface area contributed by atoms with Crippen LogP contribution in [0.15, 0.2) is 18.2 Å². The van der Waals surface area contributed by atoms with E-state index in [-0.39, 0.29) is 5.41 Å². The third-order valence-electron chi connectivity index (χ3n) is 4.25. The number of rotatable bonds is 0. The number of anilines is 1. The molecular formula is C16H24N2O. The Labute approximate surface area is 116 Å². The number of hydrogen-bond donors (Lipinski definition) is 0. The van der Waals surface area contributed by atoms with Crippen LogP contribution in [0.5, 0.6) is 5.75 Å². The second-order valence-electron chi connectivity index (χ2n) is 6.85. The molecule has 0 saturated carbocycles. The van der Waals surface area contributed by atoms with Crippen molar-refractivity contribution in [2.45, 2.75) is 32.2 Å². The predicted molar refractivity (Wildman–Crippen MR) is 79.3 cm³/mol. The standard InChI is InChI=1S/C16H24N2O/c1-16(2,3)12-5-6-14-15(9-12)19-11-13-10-17(4)7-8-18(13)14/h5-6,9,13H,7-8,10-11H2,1-4H3. The monoisotopic (exact) mass is 260 g/mol. The van der Waals surface area contributed by atoms with E-state index < -0.39 is 0 Å². The maximum Gasteiger partial charge on any atom is 0.143 e. The minimum Gasteiger partial charge on any atom is -0.489 e. The highest BCUT2D eigenvalue weighted by Crippen LogP contribution is 2.38. The normalized spacial score (nSPS) is 23.6. The van der Waals surface area contributed by atoms with Crippen molar-refractivity contribution in [3.8, 4) is 5.75 Å². The lowest BCUT2D eigenvalue weighted by molar-refractivity contribution is 0.188. The molecule has 2 heterocycles. The lowest BCUT2D eigenvalue weighted by Gasteiger charge is -2.45. The van der Waals surface area contributed by atoms with Gasteiger partial charge in [-0.25, -0.2) is 0 Å². The summed E-state index contributed by atoms with van der Waals surface area (Å²) in [6, 6.07) is 7.23. The van der Waals surface area contributed by atoms with Gasteiger partial charge in [0.15, 0.2) is 0 Å². The first kappa shape index (κ1) is 12.8. The Morgan fingerprint density at radius 2 is 2.00 bits per heavy atom. The maximum absolute atomic E-state index is 6.01. The average molecular weight is 260 g/mol. The molecule has 3 heteroatoms. The molecule has 0 aromatic heterocycles. The van der Waals surface area contributed by atoms with Crippen molar-refractivity contribution in [2.75, 3.05) is 38.2 Å². The van der Waals surface area contributed by atoms with Gasteiger partial charge in [-0.3, -0.25) is 0 Å². The van der Waals surface area contributed by atoms with Crippen molar-refractivity contribution >= 4 is 5.69 Å². The molecule has 1 atom stereocenters. The van der Waals surface area contributed by atoms with Crippen molar-refractivity contribution in [1.29, 1.82) is 0 Å². The van der Waals surface area contributed by atoms with Crippen LogP contribution in [0.2, 0.25) is 0 Å². The van der Waals surface area contributed by atoms with Crippen molar-refractivity contribution < 1.29 is 4.74 Å². The SMILES string of the molecule is CN1CCN2c3ccc(C(C)(C)C)cc3OCC2C1. The van der Waals surface area contributed by atoms with Gasteiger partial charge in [0.2, 0.25) is 0 Å². The van der Waals surface area contributed by atoms with Gasteiger partial charge >= 0.3 is 0 Å². The molecule has 19 heavy (non-hydrogen) atoms. The second-order valence-corrected chi connectivity index (χ2v) is 6.85. The van der Waals surface area contributed by atoms with Gasteiger partial charge in [-0.15, -0.1) is 0 Å². The van der Waals surface area contributed by atoms with Gasteiger partial charge in [0.1, 0.15) is 12.4 Å². The Morgan fingerprint density at radius 3 is 2.74 bits per heavy atom. The molecule has 0 radical (unpaired) electrons. The van der Waals surface area contributed by atoms with E-state index >= 15 is 0 Å². The van der Waals surface area contributed by atoms with Crippen LogP contribution in [0, 0.1) is 0 Å². The summed E-state index contributed by atoms with van der Waals surface area (Å²) < 4.78 is 6.01. The minimum atomic E-state index is 0.178. The molecule has 104 valence electrons. The van der Waals surface area contributed by atoms with E-state index in [1.165, 1.54) is 11.3 Å². The Balaban J connectivity index is 1.93. The number of piperazine rings is 1. The Kier molecular flexibility index (Phi) is 2.97. The number of ether oxygens (including phenoxy) is 1. The molecule has 0 bridgehead atoms. The molecule has 1 unspecified atom stereocenters. The second kappa shape index (κ2) is 4.41. The Bertz CT molecular complexity index is 478. The van der Waals surface area contributed by atoms with E-state index in [9.17, 15) is 0 Å². The van der Waals surface area contributed by atoms with E-state index in [0.29, 0.717) is 6.04 Å². The summed E-state index contributed by atoms with van der Waals surface area (Å²) in [6.07, 6.45) is 0. The highest BCUT2D eigenvalue weighted by atomic mass is 16.5. The highest BCUT2D eigenvalue weighted by Gasteiger charge is 2.32. The summed E-state index contributed by atoms with van der Waals surface area (Å²) >= 11 is 0. The smallest absolute Gasteiger partial charge is 0.143 e. The molecule has 3 nitrogen and oxygen atoms in total. The van der Waals surface area contributed by atoms with Gasteiger partial charge in [-0.1, -0.05) is 26.8 Å². The summed E-state index contributed by atoms with van der Waals surface area (Å²) in [5.74, 6) is 1.06. The van der Waals surface area contributed by atoms with Crippen LogP contribution in [0.3, 0.4) is 0 Å². The fraction of sp³-hybridized carbons (Fsp3) is 0.625. The zero-order chi connectivity index (χ0) is 13.6. The van der Waals surface area contributed by atoms with Crippen LogP contribution in [-0.2, 0) is 5.41 Å². The molecule has 0 aliphatic carbocycles. The average Bonchev–Trinajstić information content (AvgIpc) is 2.36. The summed E-state index contributed by atoms with van der Waals surface area (Å²) in [5, 5.41) is 0. The van der Waals surface area contributed by atoms with Crippen LogP contribution in [0.4, 0.5) is 5.69 Å². The first-order valence-corrected chi connectivity index (χ1v) is 7.18. The maximum atomic E-state index is 6.01. The van der Waals surface area contributed by atoms with E-state index in [4.69, 9.17) is 4.74 Å². The van der Waals surface area contributed by atoms with Crippen molar-refractivity contribution in [1.82, 2.24) is 4.90 Å². The zero-order valence-electron chi connectivity index (χ0n) is 12.4. The fourth-order valence-corrected chi connectivity index (χ4v) is 2.99. The third-order valence-corrected chi connectivity index (χ3v) is 4.25. The molecule has 1 aromatic rings. The van der Waals surface area contributed by atoms with Crippen LogP contribution >= 0.6 is 0 Å². The van der Waals surface area contributed by atoms with Crippen LogP contribution in [-0.4, -0.2) is 44.2 Å². The molecule has 1 fully saturated rings. The molecule has 0 N–H and O–H groups in total. The molecule has 2 aliphatic rings. The van der Waals surface area contributed by atoms with Crippen molar-refractivity contribution in [3.63, 3.8) is 0 Å². The largest absolute Gasteiger partial charge is 0.489 e. The molecule has 2 aliphatic heterocycles. The van der Waals surface area contributed by atoms with Gasteiger partial charge in [0.25, 0.3) is 0 Å². The topological polar surface area (TPSA) is 15.7 Å². The quantitative estimate of drug-likeness (QED) is 0.713. The number of fused-ring (bicyclic) bond motifs is 3. The zero-order valence-corrected chi connectivity index (χ0v) is 12.4. The van der Waals surface area contributed by atoms with E-state index in [2.05, 4.69) is 55.8 Å². The predicted octanol–water partition coefficient (Wildman–Crippen LogP) is 2.50. The van der Waals surface area contributed by atoms with Gasteiger partial charge in [-0.2, -0.15) is 0 Å². The highest BCUT2D eigenvalue weighted by molar-refractivity contribution is 5.63. The molecular weight excluding hydrogens is 236 g/mol. The Hall–Kier alpha value is -1.22.